The van der Waals surface area contributed by atoms with Gasteiger partial charge < -0.3 is 25.2 Å². The summed E-state index contributed by atoms with van der Waals surface area (Å²) in [6.45, 7) is 1.03. The molecule has 1 aliphatic carbocycles. The number of nitrogens with zero attached hydrogens (tertiary/aromatic N) is 3. The zero-order valence-electron chi connectivity index (χ0n) is 21.9. The summed E-state index contributed by atoms with van der Waals surface area (Å²) in [6.07, 6.45) is 5.72. The summed E-state index contributed by atoms with van der Waals surface area (Å²) in [5.74, 6) is -0.182. The highest BCUT2D eigenvalue weighted by molar-refractivity contribution is 6.10. The molecule has 0 spiro atoms. The summed E-state index contributed by atoms with van der Waals surface area (Å²) >= 11 is 0. The number of carboxylic acids is 1. The number of nitrogen functional groups attached to an aromatic ring is 1. The molecule has 1 aromatic heterocycles. The number of ether oxygens (including phenoxy) is 2. The normalized spacial score (nSPS) is 19.1. The molecule has 2 heterocycles. The van der Waals surface area contributed by atoms with Gasteiger partial charge in [0.25, 0.3) is 5.91 Å². The summed E-state index contributed by atoms with van der Waals surface area (Å²) in [5.41, 5.74) is 9.54. The third-order valence-corrected chi connectivity index (χ3v) is 7.57. The van der Waals surface area contributed by atoms with Crippen molar-refractivity contribution in [1.29, 1.82) is 0 Å². The van der Waals surface area contributed by atoms with Gasteiger partial charge in [0, 0.05) is 12.1 Å². The van der Waals surface area contributed by atoms with Crippen LogP contribution in [0.2, 0.25) is 0 Å². The van der Waals surface area contributed by atoms with Crippen LogP contribution in [0.4, 0.5) is 11.5 Å². The third-order valence-electron chi connectivity index (χ3n) is 7.57. The van der Waals surface area contributed by atoms with Crippen LogP contribution in [0.1, 0.15) is 65.9 Å². The van der Waals surface area contributed by atoms with E-state index in [4.69, 9.17) is 20.3 Å². The van der Waals surface area contributed by atoms with E-state index in [1.54, 1.807) is 4.90 Å². The van der Waals surface area contributed by atoms with Crippen molar-refractivity contribution in [1.82, 2.24) is 9.97 Å². The molecular formula is C30H34N4O5. The fourth-order valence-electron chi connectivity index (χ4n) is 5.48. The van der Waals surface area contributed by atoms with Gasteiger partial charge in [0.05, 0.1) is 13.2 Å². The van der Waals surface area contributed by atoms with Crippen molar-refractivity contribution < 1.29 is 24.2 Å². The molecule has 5 rings (SSSR count). The standard InChI is InChI=1S/C30H34N4O5/c31-27-26-28(33-30(32-27)39-17-4-7-20-5-2-1-3-6-20)38-18-16-34(29(26)37)24-14-12-23(13-15-24)22-10-8-21(9-11-22)19-25(35)36/h1-3,5-6,12-15,21-22H,4,7-11,16-19H2,(H,35,36)(H2,31,32,33). The summed E-state index contributed by atoms with van der Waals surface area (Å²) in [5, 5.41) is 9.05. The lowest BCUT2D eigenvalue weighted by molar-refractivity contribution is -0.138. The Bertz CT molecular complexity index is 1290. The predicted molar refractivity (Wildman–Crippen MR) is 147 cm³/mol. The van der Waals surface area contributed by atoms with Gasteiger partial charge in [0.1, 0.15) is 18.0 Å². The first-order valence-electron chi connectivity index (χ1n) is 13.6. The van der Waals surface area contributed by atoms with Crippen molar-refractivity contribution in [3.8, 4) is 11.9 Å². The number of nitrogens with two attached hydrogens (primary N) is 1. The maximum absolute atomic E-state index is 13.5. The number of hydrogen-bond donors (Lipinski definition) is 2. The van der Waals surface area contributed by atoms with Gasteiger partial charge in [-0.15, -0.1) is 0 Å². The number of carbonyl (C=O) groups excluding carboxylic acids is 1. The predicted octanol–water partition coefficient (Wildman–Crippen LogP) is 4.86. The van der Waals surface area contributed by atoms with Gasteiger partial charge in [0.2, 0.25) is 5.88 Å². The fraction of sp³-hybridized carbons (Fsp3) is 0.400. The highest BCUT2D eigenvalue weighted by atomic mass is 16.5. The van der Waals surface area contributed by atoms with E-state index < -0.39 is 5.97 Å². The summed E-state index contributed by atoms with van der Waals surface area (Å²) in [6, 6.07) is 18.3. The van der Waals surface area contributed by atoms with E-state index in [2.05, 4.69) is 34.2 Å². The van der Waals surface area contributed by atoms with Gasteiger partial charge in [-0.2, -0.15) is 9.97 Å². The van der Waals surface area contributed by atoms with Crippen LogP contribution in [-0.2, 0) is 11.2 Å². The second-order valence-electron chi connectivity index (χ2n) is 10.2. The molecule has 9 nitrogen and oxygen atoms in total. The second-order valence-corrected chi connectivity index (χ2v) is 10.2. The monoisotopic (exact) mass is 530 g/mol. The van der Waals surface area contributed by atoms with Crippen molar-refractivity contribution in [2.75, 3.05) is 30.4 Å². The van der Waals surface area contributed by atoms with Gasteiger partial charge >= 0.3 is 12.0 Å². The first-order chi connectivity index (χ1) is 19.0. The SMILES string of the molecule is Nc1nc(OCCCc2ccccc2)nc2c1C(=O)N(c1ccc(C3CCC(CC(=O)O)CC3)cc1)CCO2. The summed E-state index contributed by atoms with van der Waals surface area (Å²) < 4.78 is 11.5. The van der Waals surface area contributed by atoms with Crippen LogP contribution in [0.15, 0.2) is 54.6 Å². The van der Waals surface area contributed by atoms with Crippen LogP contribution in [0.3, 0.4) is 0 Å². The van der Waals surface area contributed by atoms with Gasteiger partial charge in [-0.1, -0.05) is 42.5 Å². The van der Waals surface area contributed by atoms with Crippen molar-refractivity contribution in [3.63, 3.8) is 0 Å². The topological polar surface area (TPSA) is 128 Å². The molecule has 1 amide bonds. The van der Waals surface area contributed by atoms with E-state index in [0.29, 0.717) is 19.1 Å². The number of fused-ring (bicyclic) bond motifs is 1. The number of anilines is 2. The molecule has 3 N–H and O–H groups in total. The van der Waals surface area contributed by atoms with E-state index in [-0.39, 0.29) is 48.1 Å². The van der Waals surface area contributed by atoms with Crippen LogP contribution in [-0.4, -0.2) is 46.7 Å². The molecule has 1 fully saturated rings. The fourth-order valence-corrected chi connectivity index (χ4v) is 5.48. The molecule has 0 atom stereocenters. The Hall–Kier alpha value is -4.14. The quantitative estimate of drug-likeness (QED) is 0.376. The zero-order valence-corrected chi connectivity index (χ0v) is 21.9. The van der Waals surface area contributed by atoms with Crippen molar-refractivity contribution in [2.24, 2.45) is 5.92 Å². The largest absolute Gasteiger partial charge is 0.481 e. The summed E-state index contributed by atoms with van der Waals surface area (Å²) in [4.78, 5) is 34.7. The van der Waals surface area contributed by atoms with E-state index >= 15 is 0 Å². The van der Waals surface area contributed by atoms with Gasteiger partial charge in [-0.3, -0.25) is 9.59 Å². The van der Waals surface area contributed by atoms with Crippen LogP contribution in [0.5, 0.6) is 11.9 Å². The number of carboxylic acid groups (broad SMARTS) is 1. The number of rotatable bonds is 9. The number of hydrogen-bond acceptors (Lipinski definition) is 7. The Kier molecular flexibility index (Phi) is 8.24. The van der Waals surface area contributed by atoms with Crippen molar-refractivity contribution >= 4 is 23.4 Å². The first kappa shape index (κ1) is 26.5. The van der Waals surface area contributed by atoms with Gasteiger partial charge in [-0.25, -0.2) is 0 Å². The highest BCUT2D eigenvalue weighted by Crippen LogP contribution is 2.38. The van der Waals surface area contributed by atoms with Gasteiger partial charge in [-0.05, 0) is 73.6 Å². The first-order valence-corrected chi connectivity index (χ1v) is 13.6. The van der Waals surface area contributed by atoms with E-state index in [1.165, 1.54) is 11.1 Å². The number of carbonyl (C=O) groups is 2. The molecular weight excluding hydrogens is 496 g/mol. The van der Waals surface area contributed by atoms with E-state index in [0.717, 1.165) is 44.2 Å². The minimum absolute atomic E-state index is 0.0321. The van der Waals surface area contributed by atoms with Crippen LogP contribution >= 0.6 is 0 Å². The van der Waals surface area contributed by atoms with Crippen molar-refractivity contribution in [2.45, 2.75) is 50.9 Å². The Morgan fingerprint density at radius 1 is 1.05 bits per heavy atom. The molecule has 2 aliphatic rings. The molecule has 0 saturated heterocycles. The van der Waals surface area contributed by atoms with Crippen LogP contribution in [0, 0.1) is 5.92 Å². The lowest BCUT2D eigenvalue weighted by atomic mass is 9.77. The smallest absolute Gasteiger partial charge is 0.321 e. The molecule has 0 bridgehead atoms. The second kappa shape index (κ2) is 12.1. The maximum atomic E-state index is 13.5. The molecule has 0 radical (unpaired) electrons. The minimum Gasteiger partial charge on any atom is -0.481 e. The molecule has 3 aromatic rings. The Morgan fingerprint density at radius 3 is 2.51 bits per heavy atom. The minimum atomic E-state index is -0.718. The Labute approximate surface area is 228 Å². The maximum Gasteiger partial charge on any atom is 0.321 e. The average molecular weight is 531 g/mol. The molecule has 2 aromatic carbocycles. The average Bonchev–Trinajstić information content (AvgIpc) is 3.10. The number of amides is 1. The number of aromatic nitrogens is 2. The Morgan fingerprint density at radius 2 is 1.79 bits per heavy atom. The lowest BCUT2D eigenvalue weighted by Gasteiger charge is -2.28. The molecule has 9 heteroatoms. The van der Waals surface area contributed by atoms with Crippen LogP contribution < -0.4 is 20.1 Å². The van der Waals surface area contributed by atoms with Crippen LogP contribution in [0.25, 0.3) is 0 Å². The third kappa shape index (κ3) is 6.47. The summed E-state index contributed by atoms with van der Waals surface area (Å²) in [7, 11) is 0. The molecule has 39 heavy (non-hydrogen) atoms. The number of aryl methyl sites for hydroxylation is 1. The van der Waals surface area contributed by atoms with E-state index in [1.807, 2.05) is 30.3 Å². The Balaban J connectivity index is 1.22. The molecule has 1 saturated carbocycles. The molecule has 204 valence electrons. The molecule has 0 unspecified atom stereocenters. The highest BCUT2D eigenvalue weighted by Gasteiger charge is 2.30. The lowest BCUT2D eigenvalue weighted by Crippen LogP contribution is -2.32. The van der Waals surface area contributed by atoms with E-state index in [9.17, 15) is 9.59 Å². The van der Waals surface area contributed by atoms with Crippen molar-refractivity contribution in [3.05, 3.63) is 71.3 Å². The zero-order chi connectivity index (χ0) is 27.2. The number of aliphatic carboxylic acids is 1. The number of benzene rings is 2. The molecule has 1 aliphatic heterocycles. The van der Waals surface area contributed by atoms with Gasteiger partial charge in [0.15, 0.2) is 0 Å².